The van der Waals surface area contributed by atoms with Crippen LogP contribution in [0.5, 0.6) is 5.75 Å². The minimum Gasteiger partial charge on any atom is -0.497 e. The van der Waals surface area contributed by atoms with E-state index in [2.05, 4.69) is 0 Å². The number of benzene rings is 1. The highest BCUT2D eigenvalue weighted by Crippen LogP contribution is 2.35. The SMILES string of the molecule is COc1cc(-c2ccc(C=O)o2)cc(C(F)(F)F)c1. The molecule has 0 spiro atoms. The van der Waals surface area contributed by atoms with Crippen LogP contribution < -0.4 is 4.74 Å². The number of furan rings is 1. The smallest absolute Gasteiger partial charge is 0.416 e. The van der Waals surface area contributed by atoms with E-state index in [1.807, 2.05) is 0 Å². The van der Waals surface area contributed by atoms with Crippen molar-refractivity contribution in [1.29, 1.82) is 0 Å². The molecule has 1 aromatic heterocycles. The average Bonchev–Trinajstić information content (AvgIpc) is 2.86. The molecule has 0 unspecified atom stereocenters. The van der Waals surface area contributed by atoms with Crippen LogP contribution in [0.15, 0.2) is 34.7 Å². The van der Waals surface area contributed by atoms with E-state index in [0.717, 1.165) is 12.1 Å². The number of aldehydes is 1. The summed E-state index contributed by atoms with van der Waals surface area (Å²) < 4.78 is 48.1. The Morgan fingerprint density at radius 3 is 2.47 bits per heavy atom. The van der Waals surface area contributed by atoms with Gasteiger partial charge in [-0.3, -0.25) is 4.79 Å². The van der Waals surface area contributed by atoms with Gasteiger partial charge >= 0.3 is 6.18 Å². The van der Waals surface area contributed by atoms with Crippen LogP contribution in [-0.2, 0) is 6.18 Å². The summed E-state index contributed by atoms with van der Waals surface area (Å²) in [4.78, 5) is 10.5. The van der Waals surface area contributed by atoms with Crippen LogP contribution in [0.1, 0.15) is 16.1 Å². The maximum Gasteiger partial charge on any atom is 0.416 e. The van der Waals surface area contributed by atoms with Gasteiger partial charge < -0.3 is 9.15 Å². The Labute approximate surface area is 106 Å². The van der Waals surface area contributed by atoms with E-state index < -0.39 is 11.7 Å². The summed E-state index contributed by atoms with van der Waals surface area (Å²) in [5.41, 5.74) is -0.648. The summed E-state index contributed by atoms with van der Waals surface area (Å²) in [5.74, 6) is 0.284. The zero-order valence-electron chi connectivity index (χ0n) is 9.82. The molecule has 2 aromatic rings. The van der Waals surface area contributed by atoms with Gasteiger partial charge in [0.15, 0.2) is 12.0 Å². The maximum atomic E-state index is 12.7. The second-order valence-electron chi connectivity index (χ2n) is 3.77. The lowest BCUT2D eigenvalue weighted by Gasteiger charge is -2.10. The molecule has 0 saturated carbocycles. The Balaban J connectivity index is 2.53. The molecule has 0 saturated heterocycles. The second kappa shape index (κ2) is 4.79. The van der Waals surface area contributed by atoms with Crippen LogP contribution in [0.3, 0.4) is 0 Å². The van der Waals surface area contributed by atoms with Gasteiger partial charge in [0.05, 0.1) is 12.7 Å². The van der Waals surface area contributed by atoms with E-state index in [4.69, 9.17) is 9.15 Å². The molecule has 0 bridgehead atoms. The minimum atomic E-state index is -4.48. The van der Waals surface area contributed by atoms with Crippen molar-refractivity contribution in [3.63, 3.8) is 0 Å². The quantitative estimate of drug-likeness (QED) is 0.796. The van der Waals surface area contributed by atoms with E-state index in [-0.39, 0.29) is 22.8 Å². The van der Waals surface area contributed by atoms with Gasteiger partial charge in [-0.2, -0.15) is 13.2 Å². The Morgan fingerprint density at radius 2 is 1.95 bits per heavy atom. The zero-order valence-corrected chi connectivity index (χ0v) is 9.82. The Bertz CT molecular complexity index is 599. The van der Waals surface area contributed by atoms with Crippen molar-refractivity contribution in [2.24, 2.45) is 0 Å². The van der Waals surface area contributed by atoms with E-state index in [1.54, 1.807) is 0 Å². The molecular weight excluding hydrogens is 261 g/mol. The summed E-state index contributed by atoms with van der Waals surface area (Å²) in [6, 6.07) is 6.05. The summed E-state index contributed by atoms with van der Waals surface area (Å²) in [7, 11) is 1.28. The first-order valence-corrected chi connectivity index (χ1v) is 5.25. The van der Waals surface area contributed by atoms with E-state index >= 15 is 0 Å². The largest absolute Gasteiger partial charge is 0.497 e. The van der Waals surface area contributed by atoms with Crippen molar-refractivity contribution in [2.45, 2.75) is 6.18 Å². The van der Waals surface area contributed by atoms with Crippen molar-refractivity contribution < 1.29 is 27.1 Å². The fourth-order valence-electron chi connectivity index (χ4n) is 1.59. The molecule has 2 rings (SSSR count). The lowest BCUT2D eigenvalue weighted by molar-refractivity contribution is -0.137. The zero-order chi connectivity index (χ0) is 14.0. The number of rotatable bonds is 3. The number of ether oxygens (including phenoxy) is 1. The molecule has 0 fully saturated rings. The second-order valence-corrected chi connectivity index (χ2v) is 3.77. The average molecular weight is 270 g/mol. The molecule has 0 radical (unpaired) electrons. The van der Waals surface area contributed by atoms with Gasteiger partial charge in [0.25, 0.3) is 0 Å². The maximum absolute atomic E-state index is 12.7. The van der Waals surface area contributed by atoms with Gasteiger partial charge in [-0.15, -0.1) is 0 Å². The van der Waals surface area contributed by atoms with Crippen molar-refractivity contribution >= 4 is 6.29 Å². The number of alkyl halides is 3. The van der Waals surface area contributed by atoms with Crippen LogP contribution in [0.2, 0.25) is 0 Å². The van der Waals surface area contributed by atoms with E-state index in [0.29, 0.717) is 6.29 Å². The Hall–Kier alpha value is -2.24. The molecule has 0 aliphatic carbocycles. The predicted molar refractivity (Wildman–Crippen MR) is 61.1 cm³/mol. The van der Waals surface area contributed by atoms with Gasteiger partial charge in [-0.1, -0.05) is 0 Å². The molecule has 6 heteroatoms. The highest BCUT2D eigenvalue weighted by atomic mass is 19.4. The molecule has 0 aliphatic heterocycles. The van der Waals surface area contributed by atoms with Crippen LogP contribution in [-0.4, -0.2) is 13.4 Å². The van der Waals surface area contributed by atoms with Crippen LogP contribution in [0.25, 0.3) is 11.3 Å². The molecule has 19 heavy (non-hydrogen) atoms. The normalized spacial score (nSPS) is 11.4. The third-order valence-electron chi connectivity index (χ3n) is 2.50. The number of carbonyl (C=O) groups excluding carboxylic acids is 1. The summed E-state index contributed by atoms with van der Waals surface area (Å²) in [6.07, 6.45) is -4.00. The van der Waals surface area contributed by atoms with Crippen molar-refractivity contribution in [2.75, 3.05) is 7.11 Å². The first kappa shape index (κ1) is 13.2. The molecular formula is C13H9F3O3. The summed E-state index contributed by atoms with van der Waals surface area (Å²) >= 11 is 0. The van der Waals surface area contributed by atoms with E-state index in [9.17, 15) is 18.0 Å². The number of carbonyl (C=O) groups is 1. The third-order valence-corrected chi connectivity index (χ3v) is 2.50. The Kier molecular flexibility index (Phi) is 3.33. The van der Waals surface area contributed by atoms with Crippen LogP contribution in [0, 0.1) is 0 Å². The van der Waals surface area contributed by atoms with Gasteiger partial charge in [0.2, 0.25) is 0 Å². The monoisotopic (exact) mass is 270 g/mol. The minimum absolute atomic E-state index is 0.0476. The summed E-state index contributed by atoms with van der Waals surface area (Å²) in [6.45, 7) is 0. The Morgan fingerprint density at radius 1 is 1.21 bits per heavy atom. The molecule has 1 heterocycles. The van der Waals surface area contributed by atoms with Crippen LogP contribution >= 0.6 is 0 Å². The van der Waals surface area contributed by atoms with Crippen molar-refractivity contribution in [3.05, 3.63) is 41.7 Å². The fourth-order valence-corrected chi connectivity index (χ4v) is 1.59. The van der Waals surface area contributed by atoms with E-state index in [1.165, 1.54) is 25.3 Å². The van der Waals surface area contributed by atoms with Gasteiger partial charge in [-0.25, -0.2) is 0 Å². The highest BCUT2D eigenvalue weighted by Gasteiger charge is 2.31. The standard InChI is InChI=1S/C13H9F3O3/c1-18-11-5-8(4-9(6-11)13(14,15)16)12-3-2-10(7-17)19-12/h2-7H,1H3. The number of hydrogen-bond donors (Lipinski definition) is 0. The first-order chi connectivity index (χ1) is 8.94. The number of hydrogen-bond acceptors (Lipinski definition) is 3. The number of methoxy groups -OCH3 is 1. The first-order valence-electron chi connectivity index (χ1n) is 5.25. The van der Waals surface area contributed by atoms with Gasteiger partial charge in [-0.05, 0) is 30.3 Å². The van der Waals surface area contributed by atoms with Crippen molar-refractivity contribution in [3.8, 4) is 17.1 Å². The molecule has 0 N–H and O–H groups in total. The lowest BCUT2D eigenvalue weighted by Crippen LogP contribution is -2.05. The number of halogens is 3. The van der Waals surface area contributed by atoms with Gasteiger partial charge in [0, 0.05) is 5.56 Å². The summed E-state index contributed by atoms with van der Waals surface area (Å²) in [5, 5.41) is 0. The van der Waals surface area contributed by atoms with Gasteiger partial charge in [0.1, 0.15) is 11.5 Å². The molecule has 100 valence electrons. The molecule has 0 aliphatic rings. The lowest BCUT2D eigenvalue weighted by atomic mass is 10.1. The topological polar surface area (TPSA) is 39.4 Å². The third kappa shape index (κ3) is 2.78. The van der Waals surface area contributed by atoms with Crippen LogP contribution in [0.4, 0.5) is 13.2 Å². The predicted octanol–water partition coefficient (Wildman–Crippen LogP) is 3.79. The molecule has 0 amide bonds. The highest BCUT2D eigenvalue weighted by molar-refractivity contribution is 5.73. The molecule has 1 aromatic carbocycles. The molecule has 3 nitrogen and oxygen atoms in total. The fraction of sp³-hybridized carbons (Fsp3) is 0.154. The van der Waals surface area contributed by atoms with Crippen molar-refractivity contribution in [1.82, 2.24) is 0 Å². The molecule has 0 atom stereocenters.